The van der Waals surface area contributed by atoms with E-state index in [0.717, 1.165) is 0 Å². The van der Waals surface area contributed by atoms with Gasteiger partial charge in [-0.1, -0.05) is 100 Å². The molecule has 0 atom stereocenters. The third kappa shape index (κ3) is 4.21. The summed E-state index contributed by atoms with van der Waals surface area (Å²) in [4.78, 5) is 2.54. The molecule has 4 aromatic carbocycles. The van der Waals surface area contributed by atoms with Gasteiger partial charge in [-0.05, 0) is 52.6 Å². The summed E-state index contributed by atoms with van der Waals surface area (Å²) in [6.45, 7) is 0. The van der Waals surface area contributed by atoms with Crippen molar-refractivity contribution in [3.05, 3.63) is 109 Å². The predicted molar refractivity (Wildman–Crippen MR) is 115 cm³/mol. The third-order valence-electron chi connectivity index (χ3n) is 4.11. The van der Waals surface area contributed by atoms with Crippen molar-refractivity contribution in [3.8, 4) is 22.3 Å². The molecule has 4 aromatic rings. The maximum Gasteiger partial charge on any atom is 0.0192 e. The van der Waals surface area contributed by atoms with Crippen LogP contribution in [0.1, 0.15) is 0 Å². The van der Waals surface area contributed by atoms with Crippen LogP contribution in [0, 0.1) is 0 Å². The van der Waals surface area contributed by atoms with Crippen LogP contribution in [0.2, 0.25) is 0 Å². The first-order valence-corrected chi connectivity index (χ1v) is 10.7. The standard InChI is InChI=1S/C24H18S2/c1-3-9-19(10-4-1)20-11-7-12-21(17-20)22-13-8-16-24(18-22)26-25-23-14-5-2-6-15-23/h1-18H. The van der Waals surface area contributed by atoms with Gasteiger partial charge in [0.05, 0.1) is 0 Å². The van der Waals surface area contributed by atoms with Crippen LogP contribution in [0.5, 0.6) is 0 Å². The Morgan fingerprint density at radius 1 is 0.346 bits per heavy atom. The lowest BCUT2D eigenvalue weighted by molar-refractivity contribution is 1.46. The first kappa shape index (κ1) is 17.0. The van der Waals surface area contributed by atoms with E-state index in [9.17, 15) is 0 Å². The average molecular weight is 371 g/mol. The molecule has 0 saturated heterocycles. The third-order valence-corrected chi connectivity index (χ3v) is 6.51. The van der Waals surface area contributed by atoms with Crippen molar-refractivity contribution in [2.45, 2.75) is 9.79 Å². The van der Waals surface area contributed by atoms with Gasteiger partial charge in [-0.25, -0.2) is 0 Å². The molecule has 0 aromatic heterocycles. The second-order valence-corrected chi connectivity index (χ2v) is 8.23. The SMILES string of the molecule is c1ccc(SSc2cccc(-c3cccc(-c4ccccc4)c3)c2)cc1. The predicted octanol–water partition coefficient (Wildman–Crippen LogP) is 7.82. The van der Waals surface area contributed by atoms with Gasteiger partial charge in [-0.15, -0.1) is 0 Å². The van der Waals surface area contributed by atoms with Crippen LogP contribution in [-0.2, 0) is 0 Å². The van der Waals surface area contributed by atoms with Crippen molar-refractivity contribution in [3.63, 3.8) is 0 Å². The Hall–Kier alpha value is -2.42. The molecule has 0 amide bonds. The molecule has 126 valence electrons. The molecule has 0 spiro atoms. The molecular formula is C24H18S2. The van der Waals surface area contributed by atoms with Crippen LogP contribution in [-0.4, -0.2) is 0 Å². The largest absolute Gasteiger partial charge is 0.0622 e. The number of rotatable bonds is 5. The zero-order valence-electron chi connectivity index (χ0n) is 14.2. The summed E-state index contributed by atoms with van der Waals surface area (Å²) in [6.07, 6.45) is 0. The monoisotopic (exact) mass is 370 g/mol. The summed E-state index contributed by atoms with van der Waals surface area (Å²) in [6, 6.07) is 38.5. The fraction of sp³-hybridized carbons (Fsp3) is 0. The molecular weight excluding hydrogens is 352 g/mol. The molecule has 0 aliphatic rings. The molecule has 26 heavy (non-hydrogen) atoms. The van der Waals surface area contributed by atoms with E-state index in [1.54, 1.807) is 21.6 Å². The molecule has 0 aliphatic heterocycles. The Bertz CT molecular complexity index is 979. The van der Waals surface area contributed by atoms with E-state index in [1.807, 2.05) is 0 Å². The van der Waals surface area contributed by atoms with Crippen LogP contribution < -0.4 is 0 Å². The Morgan fingerprint density at radius 3 is 1.54 bits per heavy atom. The van der Waals surface area contributed by atoms with Crippen LogP contribution in [0.15, 0.2) is 119 Å². The van der Waals surface area contributed by atoms with Gasteiger partial charge in [0.2, 0.25) is 0 Å². The highest BCUT2D eigenvalue weighted by atomic mass is 33.1. The van der Waals surface area contributed by atoms with Crippen LogP contribution >= 0.6 is 21.6 Å². The van der Waals surface area contributed by atoms with E-state index in [1.165, 1.54) is 32.0 Å². The molecule has 0 radical (unpaired) electrons. The lowest BCUT2D eigenvalue weighted by atomic mass is 9.99. The highest BCUT2D eigenvalue weighted by molar-refractivity contribution is 8.76. The normalized spacial score (nSPS) is 10.6. The molecule has 0 N–H and O–H groups in total. The van der Waals surface area contributed by atoms with Gasteiger partial charge in [0, 0.05) is 9.79 Å². The molecule has 0 unspecified atom stereocenters. The van der Waals surface area contributed by atoms with Crippen LogP contribution in [0.4, 0.5) is 0 Å². The van der Waals surface area contributed by atoms with Crippen LogP contribution in [0.25, 0.3) is 22.3 Å². The van der Waals surface area contributed by atoms with E-state index in [2.05, 4.69) is 109 Å². The van der Waals surface area contributed by atoms with Gasteiger partial charge in [-0.3, -0.25) is 0 Å². The minimum atomic E-state index is 1.25. The van der Waals surface area contributed by atoms with Crippen molar-refractivity contribution in [1.29, 1.82) is 0 Å². The average Bonchev–Trinajstić information content (AvgIpc) is 2.74. The molecule has 0 aliphatic carbocycles. The maximum atomic E-state index is 2.27. The van der Waals surface area contributed by atoms with Crippen LogP contribution in [0.3, 0.4) is 0 Å². The van der Waals surface area contributed by atoms with Gasteiger partial charge >= 0.3 is 0 Å². The summed E-state index contributed by atoms with van der Waals surface area (Å²) in [5, 5.41) is 0. The summed E-state index contributed by atoms with van der Waals surface area (Å²) in [5.74, 6) is 0. The van der Waals surface area contributed by atoms with E-state index in [-0.39, 0.29) is 0 Å². The fourth-order valence-electron chi connectivity index (χ4n) is 2.81. The number of benzene rings is 4. The van der Waals surface area contributed by atoms with Gasteiger partial charge in [0.15, 0.2) is 0 Å². The molecule has 4 rings (SSSR count). The lowest BCUT2D eigenvalue weighted by Gasteiger charge is -2.08. The smallest absolute Gasteiger partial charge is 0.0192 e. The van der Waals surface area contributed by atoms with E-state index in [4.69, 9.17) is 0 Å². The molecule has 0 nitrogen and oxygen atoms in total. The molecule has 2 heteroatoms. The number of hydrogen-bond acceptors (Lipinski definition) is 2. The summed E-state index contributed by atoms with van der Waals surface area (Å²) in [7, 11) is 3.59. The zero-order valence-corrected chi connectivity index (χ0v) is 15.8. The zero-order chi connectivity index (χ0) is 17.6. The summed E-state index contributed by atoms with van der Waals surface area (Å²) in [5.41, 5.74) is 5.00. The molecule has 0 fully saturated rings. The molecule has 0 bridgehead atoms. The Morgan fingerprint density at radius 2 is 0.808 bits per heavy atom. The van der Waals surface area contributed by atoms with E-state index in [0.29, 0.717) is 0 Å². The topological polar surface area (TPSA) is 0 Å². The quantitative estimate of drug-likeness (QED) is 0.328. The van der Waals surface area contributed by atoms with Crippen molar-refractivity contribution in [2.24, 2.45) is 0 Å². The van der Waals surface area contributed by atoms with Gasteiger partial charge < -0.3 is 0 Å². The minimum Gasteiger partial charge on any atom is -0.0622 e. The van der Waals surface area contributed by atoms with E-state index >= 15 is 0 Å². The highest BCUT2D eigenvalue weighted by Gasteiger charge is 2.04. The Labute approximate surface area is 162 Å². The Balaban J connectivity index is 1.57. The summed E-state index contributed by atoms with van der Waals surface area (Å²) >= 11 is 0. The maximum absolute atomic E-state index is 2.27. The second kappa shape index (κ2) is 8.31. The first-order valence-electron chi connectivity index (χ1n) is 8.54. The molecule has 0 saturated carbocycles. The highest BCUT2D eigenvalue weighted by Crippen LogP contribution is 2.38. The van der Waals surface area contributed by atoms with Gasteiger partial charge in [-0.2, -0.15) is 0 Å². The van der Waals surface area contributed by atoms with Gasteiger partial charge in [0.25, 0.3) is 0 Å². The number of hydrogen-bond donors (Lipinski definition) is 0. The van der Waals surface area contributed by atoms with Crippen molar-refractivity contribution in [2.75, 3.05) is 0 Å². The summed E-state index contributed by atoms with van der Waals surface area (Å²) < 4.78 is 0. The fourth-order valence-corrected chi connectivity index (χ4v) is 4.80. The minimum absolute atomic E-state index is 1.25. The van der Waals surface area contributed by atoms with Crippen molar-refractivity contribution >= 4 is 21.6 Å². The second-order valence-electron chi connectivity index (χ2n) is 5.95. The Kier molecular flexibility index (Phi) is 5.44. The van der Waals surface area contributed by atoms with E-state index < -0.39 is 0 Å². The van der Waals surface area contributed by atoms with Crippen molar-refractivity contribution < 1.29 is 0 Å². The first-order chi connectivity index (χ1) is 12.9. The van der Waals surface area contributed by atoms with Crippen molar-refractivity contribution in [1.82, 2.24) is 0 Å². The molecule has 0 heterocycles. The van der Waals surface area contributed by atoms with Gasteiger partial charge in [0.1, 0.15) is 0 Å². The lowest BCUT2D eigenvalue weighted by Crippen LogP contribution is -1.81.